The summed E-state index contributed by atoms with van der Waals surface area (Å²) in [5.41, 5.74) is 10.9. The molecule has 0 aromatic heterocycles. The van der Waals surface area contributed by atoms with Crippen molar-refractivity contribution >= 4 is 11.7 Å². The molecular formula is C12H13N3O. The molecule has 0 unspecified atom stereocenters. The number of nitrogens with zero attached hydrogens (tertiary/aromatic N) is 1. The fourth-order valence-corrected chi connectivity index (χ4v) is 1.05. The highest BCUT2D eigenvalue weighted by Gasteiger charge is 1.98. The monoisotopic (exact) mass is 215 g/mol. The van der Waals surface area contributed by atoms with Gasteiger partial charge >= 0.3 is 0 Å². The molecule has 82 valence electrons. The van der Waals surface area contributed by atoms with Crippen molar-refractivity contribution in [1.29, 1.82) is 0 Å². The molecule has 0 bridgehead atoms. The number of guanidine groups is 1. The van der Waals surface area contributed by atoms with Crippen LogP contribution in [0.2, 0.25) is 0 Å². The third-order valence-electron chi connectivity index (χ3n) is 1.77. The quantitative estimate of drug-likeness (QED) is 0.193. The van der Waals surface area contributed by atoms with Gasteiger partial charge in [0.25, 0.3) is 0 Å². The topological polar surface area (TPSA) is 81.5 Å². The first-order chi connectivity index (χ1) is 7.70. The van der Waals surface area contributed by atoms with E-state index in [0.717, 1.165) is 0 Å². The van der Waals surface area contributed by atoms with Crippen LogP contribution in [-0.2, 0) is 0 Å². The van der Waals surface area contributed by atoms with Gasteiger partial charge < -0.3 is 11.5 Å². The van der Waals surface area contributed by atoms with E-state index >= 15 is 0 Å². The van der Waals surface area contributed by atoms with Gasteiger partial charge in [-0.25, -0.2) is 0 Å². The maximum Gasteiger partial charge on any atom is 0.235 e. The summed E-state index contributed by atoms with van der Waals surface area (Å²) in [6, 6.07) is 8.91. The largest absolute Gasteiger partial charge is 0.370 e. The zero-order chi connectivity index (χ0) is 11.8. The Balaban J connectivity index is 2.47. The Morgan fingerprint density at radius 1 is 1.25 bits per heavy atom. The Labute approximate surface area is 94.4 Å². The minimum absolute atomic E-state index is 0.0381. The molecule has 4 nitrogen and oxygen atoms in total. The number of aliphatic imine (C=N–C) groups is 1. The van der Waals surface area contributed by atoms with E-state index in [0.29, 0.717) is 18.5 Å². The molecule has 1 rings (SSSR count). The van der Waals surface area contributed by atoms with Crippen molar-refractivity contribution < 1.29 is 4.79 Å². The fraction of sp³-hybridized carbons (Fsp3) is 0.167. The van der Waals surface area contributed by atoms with Crippen molar-refractivity contribution in [2.45, 2.75) is 6.42 Å². The summed E-state index contributed by atoms with van der Waals surface area (Å²) in [5, 5.41) is 0. The van der Waals surface area contributed by atoms with Crippen LogP contribution in [0.4, 0.5) is 0 Å². The highest BCUT2D eigenvalue weighted by atomic mass is 16.1. The van der Waals surface area contributed by atoms with Gasteiger partial charge in [-0.3, -0.25) is 9.79 Å². The standard InChI is InChI=1S/C12H13N3O/c13-12(14)15-9-5-4-8-11(16)10-6-2-1-3-7-10/h1-3,6-7H,5,9H2,(H4,13,14,15). The lowest BCUT2D eigenvalue weighted by atomic mass is 10.1. The van der Waals surface area contributed by atoms with Crippen LogP contribution in [0, 0.1) is 11.8 Å². The maximum atomic E-state index is 11.5. The van der Waals surface area contributed by atoms with E-state index in [9.17, 15) is 4.79 Å². The number of Topliss-reactive ketones (excluding diaryl/α,β-unsaturated/α-hetero) is 1. The van der Waals surface area contributed by atoms with E-state index < -0.39 is 0 Å². The zero-order valence-electron chi connectivity index (χ0n) is 8.81. The molecule has 4 N–H and O–H groups in total. The van der Waals surface area contributed by atoms with Gasteiger partial charge in [0.05, 0.1) is 6.54 Å². The molecule has 0 saturated heterocycles. The maximum absolute atomic E-state index is 11.5. The molecule has 0 aliphatic rings. The van der Waals surface area contributed by atoms with Crippen LogP contribution < -0.4 is 11.5 Å². The van der Waals surface area contributed by atoms with Crippen molar-refractivity contribution in [3.63, 3.8) is 0 Å². The third-order valence-corrected chi connectivity index (χ3v) is 1.77. The van der Waals surface area contributed by atoms with Gasteiger partial charge in [0.2, 0.25) is 5.78 Å². The fourth-order valence-electron chi connectivity index (χ4n) is 1.05. The smallest absolute Gasteiger partial charge is 0.235 e. The molecule has 0 aliphatic heterocycles. The first-order valence-corrected chi connectivity index (χ1v) is 4.84. The van der Waals surface area contributed by atoms with Crippen molar-refractivity contribution in [3.8, 4) is 11.8 Å². The first-order valence-electron chi connectivity index (χ1n) is 4.84. The van der Waals surface area contributed by atoms with Gasteiger partial charge in [-0.05, 0) is 5.92 Å². The Morgan fingerprint density at radius 2 is 1.94 bits per heavy atom. The number of rotatable bonds is 3. The average Bonchev–Trinajstić information content (AvgIpc) is 2.29. The van der Waals surface area contributed by atoms with E-state index in [1.165, 1.54) is 0 Å². The molecule has 0 amide bonds. The highest BCUT2D eigenvalue weighted by Crippen LogP contribution is 1.98. The molecule has 0 radical (unpaired) electrons. The normalized spacial score (nSPS) is 8.75. The van der Waals surface area contributed by atoms with Crippen LogP contribution in [0.1, 0.15) is 16.8 Å². The lowest BCUT2D eigenvalue weighted by Crippen LogP contribution is -2.22. The average molecular weight is 215 g/mol. The van der Waals surface area contributed by atoms with Gasteiger partial charge in [-0.1, -0.05) is 36.3 Å². The number of carbonyl (C=O) groups excluding carboxylic acids is 1. The van der Waals surface area contributed by atoms with Crippen LogP contribution in [0.5, 0.6) is 0 Å². The summed E-state index contributed by atoms with van der Waals surface area (Å²) in [5.74, 6) is 5.10. The highest BCUT2D eigenvalue weighted by molar-refractivity contribution is 6.08. The molecule has 1 aromatic rings. The van der Waals surface area contributed by atoms with Crippen molar-refractivity contribution in [2.75, 3.05) is 6.54 Å². The van der Waals surface area contributed by atoms with Crippen LogP contribution in [0.25, 0.3) is 0 Å². The number of hydrogen-bond donors (Lipinski definition) is 2. The molecule has 0 heterocycles. The minimum atomic E-state index is -0.190. The molecule has 0 atom stereocenters. The van der Waals surface area contributed by atoms with E-state index in [1.807, 2.05) is 6.07 Å². The van der Waals surface area contributed by atoms with Gasteiger partial charge in [0.1, 0.15) is 0 Å². The SMILES string of the molecule is NC(N)=NCCC#CC(=O)c1ccccc1. The van der Waals surface area contributed by atoms with Crippen molar-refractivity contribution in [2.24, 2.45) is 16.5 Å². The number of nitrogens with two attached hydrogens (primary N) is 2. The summed E-state index contributed by atoms with van der Waals surface area (Å²) in [6.07, 6.45) is 0.469. The van der Waals surface area contributed by atoms with E-state index in [-0.39, 0.29) is 11.7 Å². The Kier molecular flexibility index (Phi) is 4.61. The van der Waals surface area contributed by atoms with Gasteiger partial charge in [0, 0.05) is 12.0 Å². The number of hydrogen-bond acceptors (Lipinski definition) is 2. The predicted molar refractivity (Wildman–Crippen MR) is 63.8 cm³/mol. The van der Waals surface area contributed by atoms with Crippen molar-refractivity contribution in [1.82, 2.24) is 0 Å². The van der Waals surface area contributed by atoms with Crippen LogP contribution in [0.15, 0.2) is 35.3 Å². The molecular weight excluding hydrogens is 202 g/mol. The number of carbonyl (C=O) groups is 1. The summed E-state index contributed by atoms with van der Waals surface area (Å²) < 4.78 is 0. The molecule has 16 heavy (non-hydrogen) atoms. The summed E-state index contributed by atoms with van der Waals surface area (Å²) in [4.78, 5) is 15.2. The van der Waals surface area contributed by atoms with Crippen molar-refractivity contribution in [3.05, 3.63) is 35.9 Å². The van der Waals surface area contributed by atoms with E-state index in [4.69, 9.17) is 11.5 Å². The summed E-state index contributed by atoms with van der Waals surface area (Å²) >= 11 is 0. The van der Waals surface area contributed by atoms with Crippen LogP contribution in [0.3, 0.4) is 0 Å². The number of ketones is 1. The predicted octanol–water partition coefficient (Wildman–Crippen LogP) is 0.536. The molecule has 0 aliphatic carbocycles. The summed E-state index contributed by atoms with van der Waals surface area (Å²) in [7, 11) is 0. The van der Waals surface area contributed by atoms with Gasteiger partial charge in [0.15, 0.2) is 5.96 Å². The Morgan fingerprint density at radius 3 is 2.56 bits per heavy atom. The molecule has 0 fully saturated rings. The molecule has 1 aromatic carbocycles. The molecule has 4 heteroatoms. The third kappa shape index (κ3) is 4.29. The Hall–Kier alpha value is -2.28. The second kappa shape index (κ2) is 6.25. The van der Waals surface area contributed by atoms with E-state index in [1.54, 1.807) is 24.3 Å². The molecule has 0 saturated carbocycles. The first kappa shape index (κ1) is 11.8. The Bertz CT molecular complexity index is 436. The number of benzene rings is 1. The van der Waals surface area contributed by atoms with Crippen LogP contribution >= 0.6 is 0 Å². The second-order valence-electron chi connectivity index (χ2n) is 3.05. The molecule has 0 spiro atoms. The van der Waals surface area contributed by atoms with Gasteiger partial charge in [-0.2, -0.15) is 0 Å². The second-order valence-corrected chi connectivity index (χ2v) is 3.05. The summed E-state index contributed by atoms with van der Waals surface area (Å²) in [6.45, 7) is 0.414. The lowest BCUT2D eigenvalue weighted by Gasteiger charge is -1.91. The minimum Gasteiger partial charge on any atom is -0.370 e. The van der Waals surface area contributed by atoms with Crippen LogP contribution in [-0.4, -0.2) is 18.3 Å². The lowest BCUT2D eigenvalue weighted by molar-refractivity contribution is 0.105. The van der Waals surface area contributed by atoms with E-state index in [2.05, 4.69) is 16.8 Å². The van der Waals surface area contributed by atoms with Gasteiger partial charge in [-0.15, -0.1) is 0 Å². The zero-order valence-corrected chi connectivity index (χ0v) is 8.81.